The van der Waals surface area contributed by atoms with E-state index in [-0.39, 0.29) is 5.88 Å². The quantitative estimate of drug-likeness (QED) is 0.926. The first-order chi connectivity index (χ1) is 10.8. The highest BCUT2D eigenvalue weighted by Crippen LogP contribution is 2.32. The predicted molar refractivity (Wildman–Crippen MR) is 83.6 cm³/mol. The molecule has 2 aromatic heterocycles. The minimum absolute atomic E-state index is 0.00694. The molecule has 1 saturated carbocycles. The number of aromatic hydroxyl groups is 1. The van der Waals surface area contributed by atoms with Crippen LogP contribution in [0.4, 0.5) is 0 Å². The molecule has 0 unspecified atom stereocenters. The molecule has 0 aliphatic heterocycles. The zero-order chi connectivity index (χ0) is 15.2. The van der Waals surface area contributed by atoms with E-state index in [1.54, 1.807) is 6.07 Å². The lowest BCUT2D eigenvalue weighted by Gasteiger charge is -2.21. The summed E-state index contributed by atoms with van der Waals surface area (Å²) in [6, 6.07) is 1.68. The fourth-order valence-electron chi connectivity index (χ4n) is 3.57. The van der Waals surface area contributed by atoms with E-state index in [9.17, 15) is 5.11 Å². The van der Waals surface area contributed by atoms with Crippen LogP contribution in [-0.2, 0) is 6.54 Å². The van der Waals surface area contributed by atoms with Crippen molar-refractivity contribution in [3.63, 3.8) is 0 Å². The molecule has 0 spiro atoms. The number of aromatic nitrogens is 3. The molecule has 3 rings (SSSR count). The molecule has 1 aliphatic carbocycles. The third kappa shape index (κ3) is 4.12. The summed E-state index contributed by atoms with van der Waals surface area (Å²) < 4.78 is 7.46. The van der Waals surface area contributed by atoms with Crippen molar-refractivity contribution in [2.45, 2.75) is 63.8 Å². The minimum Gasteiger partial charge on any atom is -0.491 e. The second kappa shape index (κ2) is 7.47. The molecular weight excluding hydrogens is 278 g/mol. The Hall–Kier alpha value is -1.78. The van der Waals surface area contributed by atoms with Gasteiger partial charge in [0, 0.05) is 30.9 Å². The first kappa shape index (κ1) is 15.1. The van der Waals surface area contributed by atoms with E-state index in [1.165, 1.54) is 38.5 Å². The largest absolute Gasteiger partial charge is 0.491 e. The van der Waals surface area contributed by atoms with E-state index in [1.807, 2.05) is 12.5 Å². The molecular formula is C17H25N3O2. The Morgan fingerprint density at radius 1 is 1.14 bits per heavy atom. The molecule has 0 amide bonds. The van der Waals surface area contributed by atoms with E-state index in [2.05, 4.69) is 20.9 Å². The molecule has 0 aromatic carbocycles. The number of imidazole rings is 1. The van der Waals surface area contributed by atoms with Gasteiger partial charge in [-0.2, -0.15) is 0 Å². The van der Waals surface area contributed by atoms with Crippen LogP contribution in [0.5, 0.6) is 5.88 Å². The van der Waals surface area contributed by atoms with Gasteiger partial charge in [0.25, 0.3) is 5.88 Å². The molecule has 0 radical (unpaired) electrons. The first-order valence-corrected chi connectivity index (χ1v) is 8.42. The highest BCUT2D eigenvalue weighted by Gasteiger charge is 2.19. The van der Waals surface area contributed by atoms with Gasteiger partial charge >= 0.3 is 0 Å². The zero-order valence-corrected chi connectivity index (χ0v) is 13.0. The van der Waals surface area contributed by atoms with Crippen molar-refractivity contribution in [3.05, 3.63) is 30.5 Å². The summed E-state index contributed by atoms with van der Waals surface area (Å²) in [5.41, 5.74) is 0. The van der Waals surface area contributed by atoms with E-state index in [0.717, 1.165) is 31.1 Å². The smallest absolute Gasteiger partial charge is 0.251 e. The van der Waals surface area contributed by atoms with Crippen LogP contribution in [0.2, 0.25) is 0 Å². The Morgan fingerprint density at radius 3 is 2.45 bits per heavy atom. The van der Waals surface area contributed by atoms with Gasteiger partial charge < -0.3 is 14.2 Å². The maximum atomic E-state index is 9.35. The van der Waals surface area contributed by atoms with Gasteiger partial charge in [0.05, 0.1) is 6.33 Å². The Balaban J connectivity index is 1.52. The van der Waals surface area contributed by atoms with Gasteiger partial charge in [0.15, 0.2) is 0 Å². The molecule has 5 heteroatoms. The lowest BCUT2D eigenvalue weighted by Crippen LogP contribution is -2.11. The summed E-state index contributed by atoms with van der Waals surface area (Å²) in [5.74, 6) is 2.04. The molecule has 1 N–H and O–H groups in total. The molecule has 0 bridgehead atoms. The van der Waals surface area contributed by atoms with E-state index in [4.69, 9.17) is 4.52 Å². The molecule has 0 saturated heterocycles. The van der Waals surface area contributed by atoms with Crippen molar-refractivity contribution in [2.75, 3.05) is 0 Å². The van der Waals surface area contributed by atoms with Crippen molar-refractivity contribution in [3.8, 4) is 5.88 Å². The average Bonchev–Trinajstić information content (AvgIpc) is 3.17. The average molecular weight is 303 g/mol. The van der Waals surface area contributed by atoms with Crippen LogP contribution in [-0.4, -0.2) is 19.8 Å². The summed E-state index contributed by atoms with van der Waals surface area (Å²) in [6.45, 7) is 1.10. The maximum Gasteiger partial charge on any atom is 0.251 e. The predicted octanol–water partition coefficient (Wildman–Crippen LogP) is 4.11. The maximum absolute atomic E-state index is 9.35. The standard InChI is InChI=1S/C17H25N3O2/c21-17-11-16(22-19-17)15-7-3-1-5-14(6-2-4-8-15)12-20-10-9-18-13-20/h9-11,13-15H,1-8,12H2,(H,19,21). The molecule has 22 heavy (non-hydrogen) atoms. The number of nitrogens with zero attached hydrogens (tertiary/aromatic N) is 3. The summed E-state index contributed by atoms with van der Waals surface area (Å²) in [6.07, 6.45) is 15.6. The minimum atomic E-state index is 0.00694. The molecule has 1 aliphatic rings. The Bertz CT molecular complexity index is 538. The van der Waals surface area contributed by atoms with Gasteiger partial charge in [0.2, 0.25) is 0 Å². The Kier molecular flexibility index (Phi) is 5.14. The molecule has 1 fully saturated rings. The first-order valence-electron chi connectivity index (χ1n) is 8.42. The van der Waals surface area contributed by atoms with Gasteiger partial charge in [-0.25, -0.2) is 4.98 Å². The number of rotatable bonds is 3. The molecule has 5 nitrogen and oxygen atoms in total. The summed E-state index contributed by atoms with van der Waals surface area (Å²) >= 11 is 0. The van der Waals surface area contributed by atoms with Crippen molar-refractivity contribution in [2.24, 2.45) is 5.92 Å². The number of hydrogen-bond donors (Lipinski definition) is 1. The monoisotopic (exact) mass is 303 g/mol. The molecule has 0 atom stereocenters. The van der Waals surface area contributed by atoms with Crippen LogP contribution < -0.4 is 0 Å². The molecule has 2 heterocycles. The summed E-state index contributed by atoms with van der Waals surface area (Å²) in [4.78, 5) is 4.13. The Labute approximate surface area is 131 Å². The third-order valence-corrected chi connectivity index (χ3v) is 4.78. The number of hydrogen-bond acceptors (Lipinski definition) is 4. The van der Waals surface area contributed by atoms with Gasteiger partial charge in [-0.15, -0.1) is 0 Å². The van der Waals surface area contributed by atoms with Crippen LogP contribution >= 0.6 is 0 Å². The SMILES string of the molecule is Oc1cc(C2CCCCC(Cn3ccnc3)CCCC2)on1. The Morgan fingerprint density at radius 2 is 1.86 bits per heavy atom. The van der Waals surface area contributed by atoms with Crippen LogP contribution in [0.15, 0.2) is 29.3 Å². The molecule has 2 aromatic rings. The van der Waals surface area contributed by atoms with E-state index >= 15 is 0 Å². The zero-order valence-electron chi connectivity index (χ0n) is 13.0. The molecule has 120 valence electrons. The topological polar surface area (TPSA) is 64.1 Å². The highest BCUT2D eigenvalue weighted by molar-refractivity contribution is 5.13. The van der Waals surface area contributed by atoms with Crippen LogP contribution in [0.1, 0.15) is 63.0 Å². The fraction of sp³-hybridized carbons (Fsp3) is 0.647. The lowest BCUT2D eigenvalue weighted by molar-refractivity contribution is 0.300. The van der Waals surface area contributed by atoms with Crippen molar-refractivity contribution < 1.29 is 9.63 Å². The van der Waals surface area contributed by atoms with Gasteiger partial charge in [-0.3, -0.25) is 0 Å². The third-order valence-electron chi connectivity index (χ3n) is 4.78. The van der Waals surface area contributed by atoms with Crippen LogP contribution in [0.25, 0.3) is 0 Å². The lowest BCUT2D eigenvalue weighted by atomic mass is 9.87. The van der Waals surface area contributed by atoms with E-state index < -0.39 is 0 Å². The van der Waals surface area contributed by atoms with Crippen molar-refractivity contribution >= 4 is 0 Å². The van der Waals surface area contributed by atoms with Crippen LogP contribution in [0.3, 0.4) is 0 Å². The van der Waals surface area contributed by atoms with Gasteiger partial charge in [-0.05, 0) is 36.8 Å². The fourth-order valence-corrected chi connectivity index (χ4v) is 3.57. The summed E-state index contributed by atoms with van der Waals surface area (Å²) in [5, 5.41) is 13.0. The summed E-state index contributed by atoms with van der Waals surface area (Å²) in [7, 11) is 0. The second-order valence-corrected chi connectivity index (χ2v) is 6.48. The van der Waals surface area contributed by atoms with Crippen molar-refractivity contribution in [1.82, 2.24) is 14.7 Å². The normalized spacial score (nSPS) is 24.2. The van der Waals surface area contributed by atoms with Gasteiger partial charge in [0.1, 0.15) is 5.76 Å². The van der Waals surface area contributed by atoms with Crippen LogP contribution in [0, 0.1) is 5.92 Å². The van der Waals surface area contributed by atoms with Gasteiger partial charge in [-0.1, -0.05) is 25.7 Å². The second-order valence-electron chi connectivity index (χ2n) is 6.48. The van der Waals surface area contributed by atoms with E-state index in [0.29, 0.717) is 5.92 Å². The highest BCUT2D eigenvalue weighted by atomic mass is 16.5. The van der Waals surface area contributed by atoms with Crippen molar-refractivity contribution in [1.29, 1.82) is 0 Å².